The molecule has 3 nitrogen and oxygen atoms in total. The zero-order valence-electron chi connectivity index (χ0n) is 8.77. The Morgan fingerprint density at radius 2 is 2.07 bits per heavy atom. The van der Waals surface area contributed by atoms with Crippen molar-refractivity contribution in [2.45, 2.75) is 19.9 Å². The maximum absolute atomic E-state index is 10.5. The highest BCUT2D eigenvalue weighted by Gasteiger charge is 2.10. The van der Waals surface area contributed by atoms with E-state index in [0.717, 1.165) is 22.2 Å². The van der Waals surface area contributed by atoms with Crippen LogP contribution >= 0.6 is 0 Å². The number of para-hydroxylation sites is 1. The van der Waals surface area contributed by atoms with Gasteiger partial charge in [0.15, 0.2) is 0 Å². The number of aryl methyl sites for hydroxylation is 1. The van der Waals surface area contributed by atoms with Crippen molar-refractivity contribution in [3.05, 3.63) is 46.5 Å². The van der Waals surface area contributed by atoms with Crippen molar-refractivity contribution in [1.29, 1.82) is 0 Å². The minimum absolute atomic E-state index is 0.331. The molecule has 0 aliphatic carbocycles. The van der Waals surface area contributed by atoms with E-state index in [2.05, 4.69) is 10.2 Å². The maximum atomic E-state index is 10.5. The third-order valence-corrected chi connectivity index (χ3v) is 2.56. The summed E-state index contributed by atoms with van der Waals surface area (Å²) >= 11 is 0. The number of rotatable bonds is 2. The molecule has 76 valence electrons. The molecule has 0 bridgehead atoms. The SMILES string of the molecule is Cc1nc2ccccc2cc1C(C)N=O. The predicted molar refractivity (Wildman–Crippen MR) is 60.7 cm³/mol. The second kappa shape index (κ2) is 3.77. The summed E-state index contributed by atoms with van der Waals surface area (Å²) in [5.74, 6) is 0. The third-order valence-electron chi connectivity index (χ3n) is 2.56. The number of nitrogens with zero attached hydrogens (tertiary/aromatic N) is 2. The normalized spacial score (nSPS) is 12.7. The second-order valence-corrected chi connectivity index (χ2v) is 3.64. The smallest absolute Gasteiger partial charge is 0.116 e. The molecule has 1 aromatic heterocycles. The van der Waals surface area contributed by atoms with E-state index in [-0.39, 0.29) is 6.04 Å². The third kappa shape index (κ3) is 1.73. The number of aromatic nitrogens is 1. The van der Waals surface area contributed by atoms with Crippen LogP contribution in [0.2, 0.25) is 0 Å². The first-order valence-corrected chi connectivity index (χ1v) is 4.91. The van der Waals surface area contributed by atoms with Gasteiger partial charge in [0.2, 0.25) is 0 Å². The van der Waals surface area contributed by atoms with Crippen LogP contribution in [0.1, 0.15) is 24.2 Å². The van der Waals surface area contributed by atoms with Crippen molar-refractivity contribution >= 4 is 10.9 Å². The zero-order valence-corrected chi connectivity index (χ0v) is 8.77. The van der Waals surface area contributed by atoms with E-state index in [9.17, 15) is 4.91 Å². The van der Waals surface area contributed by atoms with Gasteiger partial charge in [0.25, 0.3) is 0 Å². The molecule has 0 aliphatic heterocycles. The van der Waals surface area contributed by atoms with Crippen LogP contribution in [-0.2, 0) is 0 Å². The van der Waals surface area contributed by atoms with E-state index in [0.29, 0.717) is 0 Å². The number of benzene rings is 1. The molecule has 15 heavy (non-hydrogen) atoms. The van der Waals surface area contributed by atoms with Gasteiger partial charge in [-0.3, -0.25) is 4.98 Å². The summed E-state index contributed by atoms with van der Waals surface area (Å²) in [6.07, 6.45) is 0. The van der Waals surface area contributed by atoms with Gasteiger partial charge >= 0.3 is 0 Å². The van der Waals surface area contributed by atoms with Crippen LogP contribution in [0.15, 0.2) is 35.5 Å². The summed E-state index contributed by atoms with van der Waals surface area (Å²) in [7, 11) is 0. The van der Waals surface area contributed by atoms with Gasteiger partial charge in [-0.25, -0.2) is 0 Å². The van der Waals surface area contributed by atoms with E-state index >= 15 is 0 Å². The molecule has 2 rings (SSSR count). The molecule has 2 aromatic rings. The maximum Gasteiger partial charge on any atom is 0.116 e. The lowest BCUT2D eigenvalue weighted by Crippen LogP contribution is -1.96. The molecule has 3 heteroatoms. The summed E-state index contributed by atoms with van der Waals surface area (Å²) in [6, 6.07) is 9.53. The van der Waals surface area contributed by atoms with Crippen LogP contribution in [0.25, 0.3) is 10.9 Å². The van der Waals surface area contributed by atoms with Crippen molar-refractivity contribution in [3.63, 3.8) is 0 Å². The molecule has 0 radical (unpaired) electrons. The molecule has 0 amide bonds. The fourth-order valence-corrected chi connectivity index (χ4v) is 1.71. The Bertz CT molecular complexity index is 508. The Morgan fingerprint density at radius 1 is 1.33 bits per heavy atom. The van der Waals surface area contributed by atoms with Crippen LogP contribution in [0.5, 0.6) is 0 Å². The Labute approximate surface area is 88.1 Å². The summed E-state index contributed by atoms with van der Waals surface area (Å²) in [5.41, 5.74) is 2.74. The lowest BCUT2D eigenvalue weighted by Gasteiger charge is -2.08. The largest absolute Gasteiger partial charge is 0.253 e. The number of nitroso groups, excluding NO2 is 1. The van der Waals surface area contributed by atoms with Crippen molar-refractivity contribution in [1.82, 2.24) is 4.98 Å². The van der Waals surface area contributed by atoms with Crippen LogP contribution in [-0.4, -0.2) is 4.98 Å². The van der Waals surface area contributed by atoms with E-state index < -0.39 is 0 Å². The van der Waals surface area contributed by atoms with Gasteiger partial charge in [0, 0.05) is 16.6 Å². The molecular weight excluding hydrogens is 188 g/mol. The number of pyridine rings is 1. The highest BCUT2D eigenvalue weighted by molar-refractivity contribution is 5.79. The lowest BCUT2D eigenvalue weighted by atomic mass is 10.0. The van der Waals surface area contributed by atoms with E-state index in [4.69, 9.17) is 0 Å². The molecule has 0 saturated heterocycles. The molecule has 0 fully saturated rings. The van der Waals surface area contributed by atoms with Crippen LogP contribution < -0.4 is 0 Å². The van der Waals surface area contributed by atoms with Gasteiger partial charge < -0.3 is 0 Å². The molecule has 1 atom stereocenters. The van der Waals surface area contributed by atoms with Gasteiger partial charge in [-0.1, -0.05) is 23.4 Å². The number of hydrogen-bond acceptors (Lipinski definition) is 3. The molecule has 1 aromatic carbocycles. The Kier molecular flexibility index (Phi) is 2.46. The van der Waals surface area contributed by atoms with Crippen LogP contribution in [0, 0.1) is 11.8 Å². The zero-order chi connectivity index (χ0) is 10.8. The monoisotopic (exact) mass is 200 g/mol. The quantitative estimate of drug-likeness (QED) is 0.697. The van der Waals surface area contributed by atoms with Crippen molar-refractivity contribution in [2.24, 2.45) is 5.18 Å². The van der Waals surface area contributed by atoms with Gasteiger partial charge in [-0.15, -0.1) is 0 Å². The molecule has 0 N–H and O–H groups in total. The summed E-state index contributed by atoms with van der Waals surface area (Å²) in [6.45, 7) is 3.69. The standard InChI is InChI=1S/C12H12N2O/c1-8-11(9(2)14-15)7-10-5-3-4-6-12(10)13-8/h3-7,9H,1-2H3. The molecule has 0 saturated carbocycles. The Morgan fingerprint density at radius 3 is 2.80 bits per heavy atom. The topological polar surface area (TPSA) is 42.3 Å². The molecule has 1 heterocycles. The van der Waals surface area contributed by atoms with Gasteiger partial charge in [-0.2, -0.15) is 4.91 Å². The van der Waals surface area contributed by atoms with Crippen molar-refractivity contribution < 1.29 is 0 Å². The van der Waals surface area contributed by atoms with Crippen molar-refractivity contribution in [3.8, 4) is 0 Å². The summed E-state index contributed by atoms with van der Waals surface area (Å²) in [5, 5.41) is 4.09. The first-order chi connectivity index (χ1) is 7.22. The average Bonchev–Trinajstić information content (AvgIpc) is 2.27. The highest BCUT2D eigenvalue weighted by Crippen LogP contribution is 2.23. The molecule has 0 spiro atoms. The summed E-state index contributed by atoms with van der Waals surface area (Å²) < 4.78 is 0. The van der Waals surface area contributed by atoms with Crippen molar-refractivity contribution in [2.75, 3.05) is 0 Å². The minimum atomic E-state index is -0.331. The molecule has 0 aliphatic rings. The van der Waals surface area contributed by atoms with Crippen LogP contribution in [0.3, 0.4) is 0 Å². The fraction of sp³-hybridized carbons (Fsp3) is 0.250. The predicted octanol–water partition coefficient (Wildman–Crippen LogP) is 3.37. The number of hydrogen-bond donors (Lipinski definition) is 0. The average molecular weight is 200 g/mol. The Balaban J connectivity index is 2.66. The van der Waals surface area contributed by atoms with Crippen LogP contribution in [0.4, 0.5) is 0 Å². The second-order valence-electron chi connectivity index (χ2n) is 3.64. The Hall–Kier alpha value is -1.77. The van der Waals surface area contributed by atoms with E-state index in [1.54, 1.807) is 6.92 Å². The molecule has 1 unspecified atom stereocenters. The lowest BCUT2D eigenvalue weighted by molar-refractivity contribution is 0.797. The first-order valence-electron chi connectivity index (χ1n) is 4.91. The van der Waals surface area contributed by atoms with Gasteiger partial charge in [-0.05, 0) is 26.0 Å². The summed E-state index contributed by atoms with van der Waals surface area (Å²) in [4.78, 5) is 15.0. The first kappa shape index (κ1) is 9.77. The van der Waals surface area contributed by atoms with E-state index in [1.807, 2.05) is 37.3 Å². The molecular formula is C12H12N2O. The minimum Gasteiger partial charge on any atom is -0.253 e. The number of fused-ring (bicyclic) bond motifs is 1. The van der Waals surface area contributed by atoms with Gasteiger partial charge in [0.05, 0.1) is 5.52 Å². The van der Waals surface area contributed by atoms with E-state index in [1.165, 1.54) is 0 Å². The van der Waals surface area contributed by atoms with Gasteiger partial charge in [0.1, 0.15) is 6.04 Å². The fourth-order valence-electron chi connectivity index (χ4n) is 1.71. The highest BCUT2D eigenvalue weighted by atomic mass is 16.3.